The van der Waals surface area contributed by atoms with E-state index in [0.717, 1.165) is 57.4 Å². The van der Waals surface area contributed by atoms with Gasteiger partial charge in [-0.15, -0.1) is 0 Å². The number of anilines is 2. The van der Waals surface area contributed by atoms with Crippen LogP contribution in [0.25, 0.3) is 22.0 Å². The summed E-state index contributed by atoms with van der Waals surface area (Å²) >= 11 is 6.17. The number of aromatic nitrogens is 3. The third-order valence-corrected chi connectivity index (χ3v) is 6.40. The highest BCUT2D eigenvalue weighted by Crippen LogP contribution is 2.39. The summed E-state index contributed by atoms with van der Waals surface area (Å²) in [6, 6.07) is 15.0. The van der Waals surface area contributed by atoms with E-state index in [9.17, 15) is 4.39 Å². The largest absolute Gasteiger partial charge is 0.338 e. The number of aryl methyl sites for hydroxylation is 1. The van der Waals surface area contributed by atoms with E-state index in [1.807, 2.05) is 25.1 Å². The first kappa shape index (κ1) is 22.9. The van der Waals surface area contributed by atoms with E-state index in [1.54, 1.807) is 24.7 Å². The van der Waals surface area contributed by atoms with Crippen LogP contribution in [0, 0.1) is 12.7 Å². The van der Waals surface area contributed by atoms with Crippen LogP contribution in [-0.2, 0) is 0 Å². The highest BCUT2D eigenvalue weighted by Gasteiger charge is 2.17. The van der Waals surface area contributed by atoms with E-state index < -0.39 is 5.82 Å². The Morgan fingerprint density at radius 3 is 2.60 bits per heavy atom. The van der Waals surface area contributed by atoms with Crippen molar-refractivity contribution in [2.24, 2.45) is 0 Å². The molecule has 0 fully saturated rings. The topological polar surface area (TPSA) is 50.7 Å². The van der Waals surface area contributed by atoms with Gasteiger partial charge >= 0.3 is 0 Å². The number of halogens is 2. The molecule has 0 unspecified atom stereocenters. The molecule has 0 atom stereocenters. The van der Waals surface area contributed by atoms with Gasteiger partial charge in [0.1, 0.15) is 18.0 Å². The molecule has 2 heterocycles. The number of nitrogens with one attached hydrogen (secondary N) is 1. The summed E-state index contributed by atoms with van der Waals surface area (Å²) in [4.78, 5) is 13.3. The van der Waals surface area contributed by atoms with E-state index in [2.05, 4.69) is 57.6 Å². The Balaban J connectivity index is 1.64. The summed E-state index contributed by atoms with van der Waals surface area (Å²) in [5.41, 5.74) is 7.86. The molecule has 0 bridgehead atoms. The van der Waals surface area contributed by atoms with Gasteiger partial charge in [0.15, 0.2) is 0 Å². The lowest BCUT2D eigenvalue weighted by Gasteiger charge is -2.19. The van der Waals surface area contributed by atoms with E-state index >= 15 is 0 Å². The molecule has 0 spiro atoms. The third kappa shape index (κ3) is 4.86. The molecule has 4 nitrogen and oxygen atoms in total. The molecule has 6 heteroatoms. The Labute approximate surface area is 208 Å². The zero-order valence-corrected chi connectivity index (χ0v) is 20.3. The minimum absolute atomic E-state index is 0.116. The summed E-state index contributed by atoms with van der Waals surface area (Å²) in [6.07, 6.45) is 11.5. The summed E-state index contributed by atoms with van der Waals surface area (Å²) in [7, 11) is 0. The van der Waals surface area contributed by atoms with Crippen LogP contribution in [0.1, 0.15) is 36.6 Å². The van der Waals surface area contributed by atoms with Crippen LogP contribution in [0.15, 0.2) is 84.9 Å². The first-order valence-corrected chi connectivity index (χ1v) is 11.8. The Kier molecular flexibility index (Phi) is 6.43. The van der Waals surface area contributed by atoms with Gasteiger partial charge in [-0.3, -0.25) is 4.98 Å². The van der Waals surface area contributed by atoms with Gasteiger partial charge in [0.2, 0.25) is 0 Å². The fraction of sp³-hybridized carbons (Fsp3) is 0.138. The first-order valence-electron chi connectivity index (χ1n) is 11.5. The van der Waals surface area contributed by atoms with Crippen LogP contribution in [-0.4, -0.2) is 15.0 Å². The minimum atomic E-state index is -0.422. The summed E-state index contributed by atoms with van der Waals surface area (Å²) in [5.74, 6) is 0.283. The molecular weight excluding hydrogens is 459 g/mol. The van der Waals surface area contributed by atoms with Crippen molar-refractivity contribution in [2.75, 3.05) is 5.32 Å². The maximum absolute atomic E-state index is 13.9. The third-order valence-electron chi connectivity index (χ3n) is 6.11. The number of rotatable bonds is 4. The molecule has 0 saturated heterocycles. The predicted molar refractivity (Wildman–Crippen MR) is 142 cm³/mol. The fourth-order valence-corrected chi connectivity index (χ4v) is 4.48. The monoisotopic (exact) mass is 482 g/mol. The lowest BCUT2D eigenvalue weighted by molar-refractivity contribution is 0.628. The van der Waals surface area contributed by atoms with Gasteiger partial charge in [-0.1, -0.05) is 47.5 Å². The molecule has 1 aliphatic rings. The number of hydrogen-bond donors (Lipinski definition) is 1. The number of hydrogen-bond acceptors (Lipinski definition) is 4. The molecule has 5 rings (SSSR count). The molecule has 4 aromatic rings. The van der Waals surface area contributed by atoms with Crippen molar-refractivity contribution in [3.8, 4) is 0 Å². The fourth-order valence-electron chi connectivity index (χ4n) is 4.29. The quantitative estimate of drug-likeness (QED) is 0.319. The van der Waals surface area contributed by atoms with Crippen molar-refractivity contribution >= 4 is 45.2 Å². The second kappa shape index (κ2) is 9.80. The molecule has 0 amide bonds. The highest BCUT2D eigenvalue weighted by atomic mass is 35.5. The van der Waals surface area contributed by atoms with Crippen molar-refractivity contribution in [3.05, 3.63) is 113 Å². The normalized spacial score (nSPS) is 14.0. The molecule has 174 valence electrons. The molecule has 1 N–H and O–H groups in total. The predicted octanol–water partition coefficient (Wildman–Crippen LogP) is 8.08. The van der Waals surface area contributed by atoms with Gasteiger partial charge in [-0.25, -0.2) is 14.4 Å². The molecule has 0 radical (unpaired) electrons. The Morgan fingerprint density at radius 2 is 1.80 bits per heavy atom. The zero-order valence-electron chi connectivity index (χ0n) is 19.5. The molecule has 35 heavy (non-hydrogen) atoms. The van der Waals surface area contributed by atoms with Crippen molar-refractivity contribution in [1.82, 2.24) is 15.0 Å². The number of benzene rings is 2. The first-order chi connectivity index (χ1) is 17.0. The standard InChI is InChI=1S/C29H24ClFN4/c1-18-6-4-3-5-7-23(28(18)21-9-12-26(31)25(30)15-21)20-10-13-27-24(14-20)29(34-17-33-27)35-22-11-8-19(2)32-16-22/h3,5,7-17H,4,6H2,1-2H3,(H,33,34,35). The summed E-state index contributed by atoms with van der Waals surface area (Å²) in [5, 5.41) is 4.38. The van der Waals surface area contributed by atoms with Crippen LogP contribution in [0.4, 0.5) is 15.9 Å². The SMILES string of the molecule is CC1=C(c2ccc(F)c(Cl)c2)C(c2ccc3ncnc(Nc4ccc(C)nc4)c3c2)=CC=CCC1. The van der Waals surface area contributed by atoms with Gasteiger partial charge in [0, 0.05) is 11.1 Å². The van der Waals surface area contributed by atoms with E-state index in [0.29, 0.717) is 5.82 Å². The summed E-state index contributed by atoms with van der Waals surface area (Å²) < 4.78 is 13.9. The van der Waals surface area contributed by atoms with E-state index in [-0.39, 0.29) is 5.02 Å². The van der Waals surface area contributed by atoms with Crippen molar-refractivity contribution in [2.45, 2.75) is 26.7 Å². The van der Waals surface area contributed by atoms with Gasteiger partial charge in [-0.05, 0) is 85.4 Å². The number of nitrogens with zero attached hydrogens (tertiary/aromatic N) is 3. The molecular formula is C29H24ClFN4. The maximum Gasteiger partial charge on any atom is 0.141 e. The number of allylic oxidation sites excluding steroid dienone is 6. The maximum atomic E-state index is 13.9. The van der Waals surface area contributed by atoms with Crippen LogP contribution in [0.3, 0.4) is 0 Å². The van der Waals surface area contributed by atoms with Gasteiger partial charge < -0.3 is 5.32 Å². The molecule has 0 saturated carbocycles. The highest BCUT2D eigenvalue weighted by molar-refractivity contribution is 6.31. The molecule has 0 aliphatic heterocycles. The second-order valence-electron chi connectivity index (χ2n) is 8.60. The van der Waals surface area contributed by atoms with Gasteiger partial charge in [-0.2, -0.15) is 0 Å². The Hall–Kier alpha value is -3.83. The molecule has 2 aromatic carbocycles. The zero-order chi connectivity index (χ0) is 24.4. The average molecular weight is 483 g/mol. The number of fused-ring (bicyclic) bond motifs is 1. The van der Waals surface area contributed by atoms with Crippen molar-refractivity contribution < 1.29 is 4.39 Å². The lowest BCUT2D eigenvalue weighted by Crippen LogP contribution is -2.00. The van der Waals surface area contributed by atoms with Crippen LogP contribution in [0.2, 0.25) is 5.02 Å². The van der Waals surface area contributed by atoms with Crippen LogP contribution < -0.4 is 5.32 Å². The summed E-state index contributed by atoms with van der Waals surface area (Å²) in [6.45, 7) is 4.08. The average Bonchev–Trinajstić information content (AvgIpc) is 2.85. The Morgan fingerprint density at radius 1 is 0.943 bits per heavy atom. The lowest BCUT2D eigenvalue weighted by atomic mass is 9.86. The van der Waals surface area contributed by atoms with Crippen molar-refractivity contribution in [1.29, 1.82) is 0 Å². The van der Waals surface area contributed by atoms with Crippen LogP contribution >= 0.6 is 11.6 Å². The van der Waals surface area contributed by atoms with E-state index in [4.69, 9.17) is 11.6 Å². The second-order valence-corrected chi connectivity index (χ2v) is 9.01. The van der Waals surface area contributed by atoms with Gasteiger partial charge in [0.25, 0.3) is 0 Å². The van der Waals surface area contributed by atoms with Gasteiger partial charge in [0.05, 0.1) is 22.4 Å². The molecule has 2 aromatic heterocycles. The number of pyridine rings is 1. The van der Waals surface area contributed by atoms with Crippen LogP contribution in [0.5, 0.6) is 0 Å². The smallest absolute Gasteiger partial charge is 0.141 e. The molecule has 1 aliphatic carbocycles. The minimum Gasteiger partial charge on any atom is -0.338 e. The van der Waals surface area contributed by atoms with Crippen molar-refractivity contribution in [3.63, 3.8) is 0 Å². The van der Waals surface area contributed by atoms with E-state index in [1.165, 1.54) is 11.6 Å². The Bertz CT molecular complexity index is 1500.